The van der Waals surface area contributed by atoms with Crippen molar-refractivity contribution >= 4 is 12.6 Å². The molecule has 0 heterocycles. The van der Waals surface area contributed by atoms with Crippen LogP contribution in [0, 0.1) is 5.82 Å². The molecule has 0 bridgehead atoms. The van der Waals surface area contributed by atoms with Crippen LogP contribution in [0.1, 0.15) is 13.3 Å². The Morgan fingerprint density at radius 3 is 2.29 bits per heavy atom. The molecule has 4 nitrogen and oxygen atoms in total. The Labute approximate surface area is 122 Å². The molecular weight excluding hydrogens is 274 g/mol. The second-order valence-corrected chi connectivity index (χ2v) is 4.49. The molecule has 21 heavy (non-hydrogen) atoms. The van der Waals surface area contributed by atoms with Crippen molar-refractivity contribution in [2.75, 3.05) is 6.61 Å². The summed E-state index contributed by atoms with van der Waals surface area (Å²) in [5.41, 5.74) is 0.358. The van der Waals surface area contributed by atoms with Crippen LogP contribution < -0.4 is 14.9 Å². The van der Waals surface area contributed by atoms with Gasteiger partial charge in [-0.25, -0.2) is 4.39 Å². The third kappa shape index (κ3) is 4.21. The predicted octanol–water partition coefficient (Wildman–Crippen LogP) is 2.09. The average Bonchev–Trinajstić information content (AvgIpc) is 2.47. The first kappa shape index (κ1) is 15.3. The number of hydrogen-bond donors (Lipinski definition) is 2. The minimum absolute atomic E-state index is 0.197. The number of hydrogen-bond acceptors (Lipinski definition) is 4. The van der Waals surface area contributed by atoms with E-state index in [1.807, 2.05) is 6.92 Å². The fourth-order valence-electron chi connectivity index (χ4n) is 1.72. The molecule has 0 aliphatic rings. The SMILES string of the molecule is CCCOc1ccc(Oc2ccc(B(O)O)cc2)cc1F. The van der Waals surface area contributed by atoms with Gasteiger partial charge in [0.25, 0.3) is 0 Å². The summed E-state index contributed by atoms with van der Waals surface area (Å²) in [6, 6.07) is 10.6. The normalized spacial score (nSPS) is 10.3. The van der Waals surface area contributed by atoms with E-state index in [2.05, 4.69) is 0 Å². The van der Waals surface area contributed by atoms with Crippen molar-refractivity contribution in [3.63, 3.8) is 0 Å². The number of halogens is 1. The van der Waals surface area contributed by atoms with Crippen LogP contribution in [-0.4, -0.2) is 23.8 Å². The zero-order valence-corrected chi connectivity index (χ0v) is 11.6. The maximum absolute atomic E-state index is 13.8. The first-order chi connectivity index (χ1) is 10.1. The van der Waals surface area contributed by atoms with Gasteiger partial charge >= 0.3 is 7.12 Å². The molecule has 2 rings (SSSR count). The van der Waals surface area contributed by atoms with Crippen molar-refractivity contribution in [1.82, 2.24) is 0 Å². The Morgan fingerprint density at radius 2 is 1.71 bits per heavy atom. The second-order valence-electron chi connectivity index (χ2n) is 4.49. The molecule has 2 N–H and O–H groups in total. The van der Waals surface area contributed by atoms with Crippen molar-refractivity contribution in [3.8, 4) is 17.2 Å². The van der Waals surface area contributed by atoms with Crippen LogP contribution in [-0.2, 0) is 0 Å². The summed E-state index contributed by atoms with van der Waals surface area (Å²) in [6.07, 6.45) is 0.806. The molecule has 0 radical (unpaired) electrons. The lowest BCUT2D eigenvalue weighted by molar-refractivity contribution is 0.300. The highest BCUT2D eigenvalue weighted by atomic mass is 19.1. The van der Waals surface area contributed by atoms with Crippen molar-refractivity contribution in [3.05, 3.63) is 48.3 Å². The Morgan fingerprint density at radius 1 is 1.05 bits per heavy atom. The summed E-state index contributed by atoms with van der Waals surface area (Å²) in [6.45, 7) is 2.41. The molecule has 0 saturated heterocycles. The highest BCUT2D eigenvalue weighted by Crippen LogP contribution is 2.26. The summed E-state index contributed by atoms with van der Waals surface area (Å²) in [5.74, 6) is 0.529. The predicted molar refractivity (Wildman–Crippen MR) is 78.5 cm³/mol. The van der Waals surface area contributed by atoms with Gasteiger partial charge in [0.2, 0.25) is 0 Å². The third-order valence-corrected chi connectivity index (χ3v) is 2.78. The van der Waals surface area contributed by atoms with E-state index in [-0.39, 0.29) is 5.75 Å². The zero-order valence-electron chi connectivity index (χ0n) is 11.6. The second kappa shape index (κ2) is 7.10. The van der Waals surface area contributed by atoms with Crippen LogP contribution in [0.25, 0.3) is 0 Å². The molecule has 0 aliphatic heterocycles. The minimum Gasteiger partial charge on any atom is -0.491 e. The maximum atomic E-state index is 13.8. The van der Waals surface area contributed by atoms with Gasteiger partial charge in [0.15, 0.2) is 11.6 Å². The molecule has 2 aromatic carbocycles. The van der Waals surface area contributed by atoms with Gasteiger partial charge in [0.05, 0.1) is 6.61 Å². The largest absolute Gasteiger partial charge is 0.491 e. The van der Waals surface area contributed by atoms with Gasteiger partial charge in [-0.05, 0) is 36.1 Å². The first-order valence-electron chi connectivity index (χ1n) is 6.66. The molecule has 6 heteroatoms. The van der Waals surface area contributed by atoms with Crippen LogP contribution in [0.3, 0.4) is 0 Å². The molecule has 0 fully saturated rings. The van der Waals surface area contributed by atoms with Crippen molar-refractivity contribution in [1.29, 1.82) is 0 Å². The highest BCUT2D eigenvalue weighted by Gasteiger charge is 2.11. The molecule has 0 saturated carbocycles. The van der Waals surface area contributed by atoms with Crippen LogP contribution in [0.2, 0.25) is 0 Å². The van der Waals surface area contributed by atoms with Crippen LogP contribution in [0.4, 0.5) is 4.39 Å². The third-order valence-electron chi connectivity index (χ3n) is 2.78. The van der Waals surface area contributed by atoms with Gasteiger partial charge in [-0.3, -0.25) is 0 Å². The minimum atomic E-state index is -1.52. The monoisotopic (exact) mass is 290 g/mol. The molecule has 110 valence electrons. The molecule has 0 aromatic heterocycles. The van der Waals surface area contributed by atoms with Gasteiger partial charge in [0, 0.05) is 6.07 Å². The number of benzene rings is 2. The van der Waals surface area contributed by atoms with Crippen molar-refractivity contribution in [2.24, 2.45) is 0 Å². The smallest absolute Gasteiger partial charge is 0.488 e. The molecule has 0 amide bonds. The van der Waals surface area contributed by atoms with E-state index in [0.717, 1.165) is 6.42 Å². The van der Waals surface area contributed by atoms with Crippen LogP contribution >= 0.6 is 0 Å². The average molecular weight is 290 g/mol. The molecular formula is C15H16BFO4. The quantitative estimate of drug-likeness (QED) is 0.800. The lowest BCUT2D eigenvalue weighted by atomic mass is 9.80. The van der Waals surface area contributed by atoms with Gasteiger partial charge in [-0.2, -0.15) is 0 Å². The van der Waals surface area contributed by atoms with Crippen molar-refractivity contribution < 1.29 is 23.9 Å². The Balaban J connectivity index is 2.07. The molecule has 0 aliphatic carbocycles. The van der Waals surface area contributed by atoms with Gasteiger partial charge in [-0.1, -0.05) is 19.1 Å². The topological polar surface area (TPSA) is 58.9 Å². The summed E-state index contributed by atoms with van der Waals surface area (Å²) < 4.78 is 24.5. The summed E-state index contributed by atoms with van der Waals surface area (Å²) >= 11 is 0. The number of ether oxygens (including phenoxy) is 2. The van der Waals surface area contributed by atoms with Crippen LogP contribution in [0.5, 0.6) is 17.2 Å². The fraction of sp³-hybridized carbons (Fsp3) is 0.200. The molecule has 0 atom stereocenters. The maximum Gasteiger partial charge on any atom is 0.488 e. The number of rotatable bonds is 6. The van der Waals surface area contributed by atoms with E-state index in [0.29, 0.717) is 23.6 Å². The van der Waals surface area contributed by atoms with E-state index in [9.17, 15) is 4.39 Å². The molecule has 0 spiro atoms. The van der Waals surface area contributed by atoms with Crippen LogP contribution in [0.15, 0.2) is 42.5 Å². The van der Waals surface area contributed by atoms with E-state index in [1.54, 1.807) is 18.2 Å². The van der Waals surface area contributed by atoms with E-state index >= 15 is 0 Å². The van der Waals surface area contributed by atoms with Gasteiger partial charge in [-0.15, -0.1) is 0 Å². The summed E-state index contributed by atoms with van der Waals surface area (Å²) in [7, 11) is -1.52. The standard InChI is InChI=1S/C15H16BFO4/c1-2-9-20-15-8-7-13(10-14(15)17)21-12-5-3-11(4-6-12)16(18)19/h3-8,10,18-19H,2,9H2,1H3. The van der Waals surface area contributed by atoms with E-state index in [1.165, 1.54) is 24.3 Å². The molecule has 0 unspecified atom stereocenters. The Kier molecular flexibility index (Phi) is 5.19. The lowest BCUT2D eigenvalue weighted by Crippen LogP contribution is -2.29. The summed E-state index contributed by atoms with van der Waals surface area (Å²) in [5, 5.41) is 18.0. The highest BCUT2D eigenvalue weighted by molar-refractivity contribution is 6.58. The molecule has 2 aromatic rings. The van der Waals surface area contributed by atoms with E-state index < -0.39 is 12.9 Å². The Bertz CT molecular complexity index is 587. The lowest BCUT2D eigenvalue weighted by Gasteiger charge is -2.09. The zero-order chi connectivity index (χ0) is 15.2. The van der Waals surface area contributed by atoms with Crippen molar-refractivity contribution in [2.45, 2.75) is 13.3 Å². The summed E-state index contributed by atoms with van der Waals surface area (Å²) in [4.78, 5) is 0. The van der Waals surface area contributed by atoms with E-state index in [4.69, 9.17) is 19.5 Å². The Hall–Kier alpha value is -2.05. The van der Waals surface area contributed by atoms with Gasteiger partial charge in [0.1, 0.15) is 11.5 Å². The van der Waals surface area contributed by atoms with Gasteiger partial charge < -0.3 is 19.5 Å². The fourth-order valence-corrected chi connectivity index (χ4v) is 1.72. The first-order valence-corrected chi connectivity index (χ1v) is 6.66.